The van der Waals surface area contributed by atoms with Crippen molar-refractivity contribution in [1.29, 1.82) is 0 Å². The van der Waals surface area contributed by atoms with Crippen LogP contribution in [0, 0.1) is 0 Å². The summed E-state index contributed by atoms with van der Waals surface area (Å²) in [6.07, 6.45) is 4.23. The number of carbonyl (C=O) groups excluding carboxylic acids is 2. The van der Waals surface area contributed by atoms with Crippen LogP contribution in [0.3, 0.4) is 0 Å². The van der Waals surface area contributed by atoms with Gasteiger partial charge in [0.25, 0.3) is 0 Å². The predicted octanol–water partition coefficient (Wildman–Crippen LogP) is 4.42. The molecule has 1 aromatic heterocycles. The number of hydrogen-bond acceptors (Lipinski definition) is 6. The van der Waals surface area contributed by atoms with E-state index in [0.717, 1.165) is 30.5 Å². The molecule has 2 amide bonds. The van der Waals surface area contributed by atoms with Crippen LogP contribution in [0.15, 0.2) is 48.7 Å². The summed E-state index contributed by atoms with van der Waals surface area (Å²) in [6.45, 7) is 7.50. The van der Waals surface area contributed by atoms with Crippen LogP contribution >= 0.6 is 13.5 Å². The zero-order chi connectivity index (χ0) is 24.8. The van der Waals surface area contributed by atoms with E-state index in [-0.39, 0.29) is 44.4 Å². The summed E-state index contributed by atoms with van der Waals surface area (Å²) < 4.78 is 11.2. The van der Waals surface area contributed by atoms with Crippen molar-refractivity contribution in [1.82, 2.24) is 20.1 Å². The van der Waals surface area contributed by atoms with Crippen molar-refractivity contribution in [2.75, 3.05) is 26.2 Å². The molecule has 8 nitrogen and oxygen atoms in total. The molecule has 9 heteroatoms. The molecule has 1 aliphatic heterocycles. The summed E-state index contributed by atoms with van der Waals surface area (Å²) in [4.78, 5) is 33.9. The first-order chi connectivity index (χ1) is 16.8. The van der Waals surface area contributed by atoms with Crippen molar-refractivity contribution >= 4 is 25.7 Å². The number of fused-ring (bicyclic) bond motifs is 1. The molecule has 1 fully saturated rings. The lowest BCUT2D eigenvalue weighted by Gasteiger charge is -2.42. The Kier molecular flexibility index (Phi) is 9.62. The van der Waals surface area contributed by atoms with E-state index >= 15 is 0 Å². The van der Waals surface area contributed by atoms with Gasteiger partial charge in [0.1, 0.15) is 12.2 Å². The summed E-state index contributed by atoms with van der Waals surface area (Å²) in [5.74, 6) is 0. The molecule has 36 heavy (non-hydrogen) atoms. The van der Waals surface area contributed by atoms with E-state index in [1.807, 2.05) is 63.4 Å². The zero-order valence-electron chi connectivity index (χ0n) is 21.4. The van der Waals surface area contributed by atoms with Crippen molar-refractivity contribution in [3.63, 3.8) is 0 Å². The van der Waals surface area contributed by atoms with Crippen LogP contribution in [-0.4, -0.2) is 64.8 Å². The highest BCUT2D eigenvalue weighted by atomic mass is 32.1. The number of ether oxygens (including phenoxy) is 2. The van der Waals surface area contributed by atoms with E-state index < -0.39 is 5.60 Å². The Balaban J connectivity index is 0.00000361. The Hall–Kier alpha value is -2.78. The molecule has 2 heterocycles. The molecule has 0 saturated carbocycles. The minimum Gasteiger partial charge on any atom is -0.445 e. The zero-order valence-corrected chi connectivity index (χ0v) is 22.4. The number of carbonyl (C=O) groups is 2. The highest BCUT2D eigenvalue weighted by Gasteiger charge is 2.36. The third kappa shape index (κ3) is 7.36. The predicted molar refractivity (Wildman–Crippen MR) is 143 cm³/mol. The largest absolute Gasteiger partial charge is 0.445 e. The van der Waals surface area contributed by atoms with Crippen molar-refractivity contribution in [2.24, 2.45) is 0 Å². The lowest BCUT2D eigenvalue weighted by Crippen LogP contribution is -2.60. The fourth-order valence-electron chi connectivity index (χ4n) is 4.65. The second kappa shape index (κ2) is 12.5. The van der Waals surface area contributed by atoms with Gasteiger partial charge in [0.15, 0.2) is 0 Å². The highest BCUT2D eigenvalue weighted by molar-refractivity contribution is 7.59. The van der Waals surface area contributed by atoms with Crippen LogP contribution in [0.4, 0.5) is 9.59 Å². The molecule has 2 atom stereocenters. The number of pyridine rings is 1. The molecule has 0 spiro atoms. The topological polar surface area (TPSA) is 84.0 Å². The molecule has 2 aliphatic rings. The number of benzene rings is 1. The second-order valence-electron chi connectivity index (χ2n) is 10.2. The van der Waals surface area contributed by atoms with Gasteiger partial charge in [0, 0.05) is 38.4 Å². The van der Waals surface area contributed by atoms with Crippen LogP contribution in [0.5, 0.6) is 0 Å². The molecule has 0 bridgehead atoms. The van der Waals surface area contributed by atoms with Crippen LogP contribution in [0.1, 0.15) is 56.5 Å². The lowest BCUT2D eigenvalue weighted by molar-refractivity contribution is -0.00343. The average molecular weight is 515 g/mol. The van der Waals surface area contributed by atoms with E-state index in [1.54, 1.807) is 9.80 Å². The van der Waals surface area contributed by atoms with Gasteiger partial charge in [-0.15, -0.1) is 0 Å². The molecule has 1 aromatic carbocycles. The number of nitrogens with one attached hydrogen (secondary N) is 1. The Morgan fingerprint density at radius 3 is 2.61 bits per heavy atom. The molecule has 4 rings (SSSR count). The summed E-state index contributed by atoms with van der Waals surface area (Å²) in [5, 5.41) is 3.62. The Labute approximate surface area is 220 Å². The highest BCUT2D eigenvalue weighted by Crippen LogP contribution is 2.28. The summed E-state index contributed by atoms with van der Waals surface area (Å²) >= 11 is 0. The first-order valence-corrected chi connectivity index (χ1v) is 12.4. The van der Waals surface area contributed by atoms with Gasteiger partial charge in [-0.2, -0.15) is 13.5 Å². The third-order valence-corrected chi connectivity index (χ3v) is 6.37. The summed E-state index contributed by atoms with van der Waals surface area (Å²) in [6, 6.07) is 13.6. The molecule has 2 aromatic rings. The maximum atomic E-state index is 13.0. The minimum absolute atomic E-state index is 0. The molecule has 0 radical (unpaired) electrons. The van der Waals surface area contributed by atoms with Crippen LogP contribution in [-0.2, 0) is 22.5 Å². The lowest BCUT2D eigenvalue weighted by atomic mass is 9.91. The van der Waals surface area contributed by atoms with Gasteiger partial charge in [-0.05, 0) is 57.2 Å². The van der Waals surface area contributed by atoms with Gasteiger partial charge in [0.05, 0.1) is 11.7 Å². The van der Waals surface area contributed by atoms with Crippen LogP contribution in [0.2, 0.25) is 0 Å². The Morgan fingerprint density at radius 2 is 1.86 bits per heavy atom. The smallest absolute Gasteiger partial charge is 0.410 e. The minimum atomic E-state index is -0.590. The van der Waals surface area contributed by atoms with Crippen molar-refractivity contribution in [3.8, 4) is 0 Å². The third-order valence-electron chi connectivity index (χ3n) is 6.37. The Bertz CT molecular complexity index is 1010. The molecule has 1 saturated heterocycles. The normalized spacial score (nSPS) is 19.6. The fraction of sp³-hybridized carbons (Fsp3) is 0.519. The standard InChI is InChI=1S/C27H36N4O4.H2S/c1-27(2,3)35-26(33)31-16-15-30(25(32)34-19-20-9-5-4-6-10-20)18-22(31)17-29-23-13-7-11-21-12-8-14-28-24(21)23;/h4-6,8-10,12,14,22-23,29H,7,11,13,15-19H2,1-3H3;1H2/t22-,23+;/m1./s1. The second-order valence-corrected chi connectivity index (χ2v) is 10.2. The van der Waals surface area contributed by atoms with E-state index in [4.69, 9.17) is 9.47 Å². The SMILES string of the molecule is CC(C)(C)OC(=O)N1CCN(C(=O)OCc2ccccc2)C[C@H]1CN[C@H]1CCCc2cccnc21.S. The molecule has 196 valence electrons. The molecular formula is C27H38N4O4S. The maximum Gasteiger partial charge on any atom is 0.410 e. The van der Waals surface area contributed by atoms with E-state index in [1.165, 1.54) is 5.56 Å². The number of aromatic nitrogens is 1. The number of piperazine rings is 1. The molecular weight excluding hydrogens is 476 g/mol. The van der Waals surface area contributed by atoms with Crippen LogP contribution < -0.4 is 5.32 Å². The monoisotopic (exact) mass is 514 g/mol. The van der Waals surface area contributed by atoms with Crippen molar-refractivity contribution < 1.29 is 19.1 Å². The Morgan fingerprint density at radius 1 is 1.08 bits per heavy atom. The van der Waals surface area contributed by atoms with E-state index in [2.05, 4.69) is 16.4 Å². The van der Waals surface area contributed by atoms with Gasteiger partial charge in [-0.1, -0.05) is 36.4 Å². The first kappa shape index (κ1) is 27.8. The van der Waals surface area contributed by atoms with Gasteiger partial charge < -0.3 is 24.6 Å². The number of hydrogen-bond donors (Lipinski definition) is 1. The maximum absolute atomic E-state index is 13.0. The van der Waals surface area contributed by atoms with Gasteiger partial charge in [-0.25, -0.2) is 9.59 Å². The van der Waals surface area contributed by atoms with Crippen molar-refractivity contribution in [2.45, 2.75) is 64.3 Å². The van der Waals surface area contributed by atoms with Gasteiger partial charge in [0.2, 0.25) is 0 Å². The average Bonchev–Trinajstić information content (AvgIpc) is 2.85. The first-order valence-electron chi connectivity index (χ1n) is 12.4. The number of amides is 2. The van der Waals surface area contributed by atoms with Gasteiger partial charge >= 0.3 is 12.2 Å². The van der Waals surface area contributed by atoms with Crippen molar-refractivity contribution in [3.05, 3.63) is 65.5 Å². The number of aryl methyl sites for hydroxylation is 1. The van der Waals surface area contributed by atoms with Gasteiger partial charge in [-0.3, -0.25) is 4.98 Å². The van der Waals surface area contributed by atoms with E-state index in [9.17, 15) is 9.59 Å². The fourth-order valence-corrected chi connectivity index (χ4v) is 4.65. The molecule has 1 N–H and O–H groups in total. The summed E-state index contributed by atoms with van der Waals surface area (Å²) in [7, 11) is 0. The summed E-state index contributed by atoms with van der Waals surface area (Å²) in [5.41, 5.74) is 2.70. The van der Waals surface area contributed by atoms with E-state index in [0.29, 0.717) is 26.2 Å². The number of nitrogens with zero attached hydrogens (tertiary/aromatic N) is 3. The van der Waals surface area contributed by atoms with Crippen LogP contribution in [0.25, 0.3) is 0 Å². The molecule has 0 unspecified atom stereocenters. The number of rotatable bonds is 5. The molecule has 1 aliphatic carbocycles. The quantitative estimate of drug-likeness (QED) is 0.636.